The molecule has 116 valence electrons. The number of hydrogen-bond acceptors (Lipinski definition) is 4. The van der Waals surface area contributed by atoms with Gasteiger partial charge in [0.2, 0.25) is 5.91 Å². The number of benzene rings is 1. The lowest BCUT2D eigenvalue weighted by atomic mass is 9.96. The Kier molecular flexibility index (Phi) is 6.17. The van der Waals surface area contributed by atoms with Crippen LogP contribution >= 0.6 is 0 Å². The molecule has 21 heavy (non-hydrogen) atoms. The highest BCUT2D eigenvalue weighted by molar-refractivity contribution is 5.79. The van der Waals surface area contributed by atoms with Crippen LogP contribution in [0.25, 0.3) is 0 Å². The van der Waals surface area contributed by atoms with Gasteiger partial charge in [0.25, 0.3) is 0 Å². The Morgan fingerprint density at radius 1 is 1.38 bits per heavy atom. The van der Waals surface area contributed by atoms with Gasteiger partial charge in [-0.1, -0.05) is 24.3 Å². The molecule has 0 radical (unpaired) electrons. The van der Waals surface area contributed by atoms with Crippen LogP contribution in [0.1, 0.15) is 11.1 Å². The molecular weight excluding hydrogens is 268 g/mol. The molecule has 2 N–H and O–H groups in total. The largest absolute Gasteiger partial charge is 0.380 e. The van der Waals surface area contributed by atoms with Gasteiger partial charge in [-0.2, -0.15) is 0 Å². The van der Waals surface area contributed by atoms with Crippen molar-refractivity contribution in [3.63, 3.8) is 0 Å². The first-order valence-electron chi connectivity index (χ1n) is 7.38. The predicted molar refractivity (Wildman–Crippen MR) is 80.8 cm³/mol. The third-order valence-electron chi connectivity index (χ3n) is 3.74. The van der Waals surface area contributed by atoms with E-state index < -0.39 is 0 Å². The van der Waals surface area contributed by atoms with Crippen LogP contribution in [0.2, 0.25) is 0 Å². The van der Waals surface area contributed by atoms with Crippen molar-refractivity contribution in [2.45, 2.75) is 13.0 Å². The summed E-state index contributed by atoms with van der Waals surface area (Å²) in [6.07, 6.45) is 0.671. The van der Waals surface area contributed by atoms with Crippen molar-refractivity contribution in [2.75, 3.05) is 40.0 Å². The maximum Gasteiger partial charge on any atom is 0.227 e. The van der Waals surface area contributed by atoms with E-state index in [9.17, 15) is 4.79 Å². The van der Waals surface area contributed by atoms with Crippen molar-refractivity contribution in [1.29, 1.82) is 0 Å². The van der Waals surface area contributed by atoms with Crippen molar-refractivity contribution in [2.24, 2.45) is 11.7 Å². The average Bonchev–Trinajstić information content (AvgIpc) is 2.53. The maximum absolute atomic E-state index is 12.5. The molecule has 0 spiro atoms. The second kappa shape index (κ2) is 8.12. The molecule has 1 unspecified atom stereocenters. The molecule has 1 saturated heterocycles. The molecule has 1 aromatic carbocycles. The van der Waals surface area contributed by atoms with Crippen molar-refractivity contribution < 1.29 is 14.3 Å². The van der Waals surface area contributed by atoms with Crippen LogP contribution in [0.15, 0.2) is 24.3 Å². The summed E-state index contributed by atoms with van der Waals surface area (Å²) in [7, 11) is 1.68. The van der Waals surface area contributed by atoms with Crippen LogP contribution < -0.4 is 5.73 Å². The van der Waals surface area contributed by atoms with Crippen molar-refractivity contribution in [3.8, 4) is 0 Å². The van der Waals surface area contributed by atoms with Gasteiger partial charge >= 0.3 is 0 Å². The number of amides is 1. The van der Waals surface area contributed by atoms with Crippen molar-refractivity contribution in [3.05, 3.63) is 35.4 Å². The lowest BCUT2D eigenvalue weighted by Crippen LogP contribution is -2.45. The Balaban J connectivity index is 2.00. The second-order valence-electron chi connectivity index (χ2n) is 5.33. The van der Waals surface area contributed by atoms with Crippen LogP contribution in [0, 0.1) is 5.92 Å². The van der Waals surface area contributed by atoms with E-state index in [1.165, 1.54) is 0 Å². The van der Waals surface area contributed by atoms with E-state index in [0.29, 0.717) is 45.9 Å². The number of carbonyl (C=O) groups is 1. The third-order valence-corrected chi connectivity index (χ3v) is 3.74. The summed E-state index contributed by atoms with van der Waals surface area (Å²) >= 11 is 0. The smallest absolute Gasteiger partial charge is 0.227 e. The standard InChI is InChI=1S/C16H24N2O3/c1-20-12-14-4-2-3-13(9-14)10-15(11-17)16(19)18-5-7-21-8-6-18/h2-4,9,15H,5-8,10-12,17H2,1H3. The number of methoxy groups -OCH3 is 1. The molecule has 1 fully saturated rings. The quantitative estimate of drug-likeness (QED) is 0.842. The van der Waals surface area contributed by atoms with Gasteiger partial charge in [-0.3, -0.25) is 4.79 Å². The summed E-state index contributed by atoms with van der Waals surface area (Å²) in [6.45, 7) is 3.51. The molecule has 1 heterocycles. The molecule has 1 aromatic rings. The zero-order valence-corrected chi connectivity index (χ0v) is 12.6. The fourth-order valence-corrected chi connectivity index (χ4v) is 2.61. The minimum Gasteiger partial charge on any atom is -0.380 e. The van der Waals surface area contributed by atoms with E-state index in [2.05, 4.69) is 6.07 Å². The number of hydrogen-bond donors (Lipinski definition) is 1. The molecule has 0 aromatic heterocycles. The highest BCUT2D eigenvalue weighted by atomic mass is 16.5. The Morgan fingerprint density at radius 2 is 2.10 bits per heavy atom. The number of nitrogens with zero attached hydrogens (tertiary/aromatic N) is 1. The third kappa shape index (κ3) is 4.52. The average molecular weight is 292 g/mol. The normalized spacial score (nSPS) is 16.8. The van der Waals surface area contributed by atoms with E-state index in [1.54, 1.807) is 7.11 Å². The summed E-state index contributed by atoms with van der Waals surface area (Å²) < 4.78 is 10.4. The first-order valence-corrected chi connectivity index (χ1v) is 7.38. The Morgan fingerprint density at radius 3 is 2.76 bits per heavy atom. The summed E-state index contributed by atoms with van der Waals surface area (Å²) in [6, 6.07) is 8.14. The maximum atomic E-state index is 12.5. The molecule has 1 aliphatic heterocycles. The van der Waals surface area contributed by atoms with E-state index in [1.807, 2.05) is 23.1 Å². The lowest BCUT2D eigenvalue weighted by molar-refractivity contribution is -0.139. The summed E-state index contributed by atoms with van der Waals surface area (Å²) in [5.74, 6) is -0.0289. The first kappa shape index (κ1) is 15.9. The van der Waals surface area contributed by atoms with Crippen LogP contribution in [0.4, 0.5) is 0 Å². The van der Waals surface area contributed by atoms with E-state index >= 15 is 0 Å². The Hall–Kier alpha value is -1.43. The zero-order valence-electron chi connectivity index (χ0n) is 12.6. The zero-order chi connectivity index (χ0) is 15.1. The fourth-order valence-electron chi connectivity index (χ4n) is 2.61. The lowest BCUT2D eigenvalue weighted by Gasteiger charge is -2.30. The van der Waals surface area contributed by atoms with Gasteiger partial charge in [0.15, 0.2) is 0 Å². The van der Waals surface area contributed by atoms with Crippen LogP contribution in [0.3, 0.4) is 0 Å². The van der Waals surface area contributed by atoms with Crippen LogP contribution in [0.5, 0.6) is 0 Å². The summed E-state index contributed by atoms with van der Waals surface area (Å²) in [5.41, 5.74) is 8.06. The van der Waals surface area contributed by atoms with Gasteiger partial charge in [0, 0.05) is 26.7 Å². The minimum atomic E-state index is -0.166. The molecule has 1 aliphatic rings. The van der Waals surface area contributed by atoms with Crippen LogP contribution in [-0.2, 0) is 27.3 Å². The van der Waals surface area contributed by atoms with E-state index in [-0.39, 0.29) is 11.8 Å². The van der Waals surface area contributed by atoms with Gasteiger partial charge in [0.1, 0.15) is 0 Å². The van der Waals surface area contributed by atoms with Gasteiger partial charge < -0.3 is 20.1 Å². The second-order valence-corrected chi connectivity index (χ2v) is 5.33. The summed E-state index contributed by atoms with van der Waals surface area (Å²) in [5, 5.41) is 0. The van der Waals surface area contributed by atoms with Crippen LogP contribution in [-0.4, -0.2) is 50.8 Å². The molecule has 1 atom stereocenters. The fraction of sp³-hybridized carbons (Fsp3) is 0.562. The Labute approximate surface area is 126 Å². The number of morpholine rings is 1. The topological polar surface area (TPSA) is 64.8 Å². The monoisotopic (exact) mass is 292 g/mol. The molecule has 0 saturated carbocycles. The Bertz CT molecular complexity index is 459. The predicted octanol–water partition coefficient (Wildman–Crippen LogP) is 0.809. The molecule has 2 rings (SSSR count). The van der Waals surface area contributed by atoms with Gasteiger partial charge in [-0.15, -0.1) is 0 Å². The highest BCUT2D eigenvalue weighted by Crippen LogP contribution is 2.14. The molecule has 5 nitrogen and oxygen atoms in total. The molecule has 1 amide bonds. The highest BCUT2D eigenvalue weighted by Gasteiger charge is 2.24. The van der Waals surface area contributed by atoms with Gasteiger partial charge in [-0.25, -0.2) is 0 Å². The molecule has 5 heteroatoms. The minimum absolute atomic E-state index is 0.137. The van der Waals surface area contributed by atoms with Gasteiger partial charge in [0.05, 0.1) is 25.7 Å². The summed E-state index contributed by atoms with van der Waals surface area (Å²) in [4.78, 5) is 14.4. The first-order chi connectivity index (χ1) is 10.2. The molecule has 0 aliphatic carbocycles. The molecular formula is C16H24N2O3. The number of carbonyl (C=O) groups excluding carboxylic acids is 1. The number of ether oxygens (including phenoxy) is 2. The van der Waals surface area contributed by atoms with Crippen molar-refractivity contribution in [1.82, 2.24) is 4.90 Å². The SMILES string of the molecule is COCc1cccc(CC(CN)C(=O)N2CCOCC2)c1. The van der Waals surface area contributed by atoms with E-state index in [0.717, 1.165) is 11.1 Å². The van der Waals surface area contributed by atoms with Crippen molar-refractivity contribution >= 4 is 5.91 Å². The molecule has 0 bridgehead atoms. The van der Waals surface area contributed by atoms with Gasteiger partial charge in [-0.05, 0) is 17.5 Å². The number of nitrogens with two attached hydrogens (primary N) is 1. The number of rotatable bonds is 6. The van der Waals surface area contributed by atoms with E-state index in [4.69, 9.17) is 15.2 Å².